The van der Waals surface area contributed by atoms with E-state index in [0.717, 1.165) is 23.9 Å². The lowest BCUT2D eigenvalue weighted by Crippen LogP contribution is -2.28. The van der Waals surface area contributed by atoms with Crippen molar-refractivity contribution in [2.75, 3.05) is 6.54 Å². The Labute approximate surface area is 116 Å². The van der Waals surface area contributed by atoms with Crippen LogP contribution in [0.25, 0.3) is 11.0 Å². The maximum Gasteiger partial charge on any atom is 0.223 e. The number of aryl methyl sites for hydroxylation is 1. The highest BCUT2D eigenvalue weighted by molar-refractivity contribution is 7.71. The summed E-state index contributed by atoms with van der Waals surface area (Å²) in [7, 11) is 0. The first-order valence-electron chi connectivity index (χ1n) is 6.62. The van der Waals surface area contributed by atoms with Gasteiger partial charge < -0.3 is 14.9 Å². The molecular weight excluding hydrogens is 258 g/mol. The third kappa shape index (κ3) is 2.42. The number of hydrogen-bond acceptors (Lipinski definition) is 2. The zero-order valence-corrected chi connectivity index (χ0v) is 11.7. The number of hydrogen-bond donors (Lipinski definition) is 2. The van der Waals surface area contributed by atoms with Crippen LogP contribution in [0, 0.1) is 17.6 Å². The van der Waals surface area contributed by atoms with E-state index in [1.54, 1.807) is 0 Å². The topological polar surface area (TPSA) is 49.8 Å². The molecule has 0 aliphatic heterocycles. The maximum absolute atomic E-state index is 11.6. The van der Waals surface area contributed by atoms with E-state index >= 15 is 0 Å². The average Bonchev–Trinajstić information content (AvgIpc) is 3.17. The molecule has 0 unspecified atom stereocenters. The van der Waals surface area contributed by atoms with Crippen LogP contribution in [0.4, 0.5) is 0 Å². The second-order valence-corrected chi connectivity index (χ2v) is 5.50. The summed E-state index contributed by atoms with van der Waals surface area (Å²) in [6.07, 6.45) is 2.08. The van der Waals surface area contributed by atoms with E-state index in [4.69, 9.17) is 12.2 Å². The third-order valence-electron chi connectivity index (χ3n) is 3.60. The fraction of sp³-hybridized carbons (Fsp3) is 0.429. The minimum atomic E-state index is 0.183. The second kappa shape index (κ2) is 4.81. The normalized spacial score (nSPS) is 14.8. The number of amides is 1. The van der Waals surface area contributed by atoms with Gasteiger partial charge in [0.25, 0.3) is 0 Å². The van der Waals surface area contributed by atoms with Gasteiger partial charge in [0, 0.05) is 19.0 Å². The van der Waals surface area contributed by atoms with Crippen LogP contribution in [-0.4, -0.2) is 22.0 Å². The lowest BCUT2D eigenvalue weighted by Gasteiger charge is -2.06. The monoisotopic (exact) mass is 275 g/mol. The molecule has 3 rings (SSSR count). The lowest BCUT2D eigenvalue weighted by atomic mass is 10.2. The SMILES string of the molecule is Cc1cccc2c1[nH]c(=S)n2CCNC(=O)C1CC1. The van der Waals surface area contributed by atoms with Crippen molar-refractivity contribution in [1.82, 2.24) is 14.9 Å². The zero-order valence-electron chi connectivity index (χ0n) is 10.9. The first-order chi connectivity index (χ1) is 9.16. The summed E-state index contributed by atoms with van der Waals surface area (Å²) in [4.78, 5) is 14.8. The van der Waals surface area contributed by atoms with E-state index in [2.05, 4.69) is 29.4 Å². The Hall–Kier alpha value is -1.62. The maximum atomic E-state index is 11.6. The molecule has 19 heavy (non-hydrogen) atoms. The van der Waals surface area contributed by atoms with Crippen LogP contribution in [0.2, 0.25) is 0 Å². The van der Waals surface area contributed by atoms with Gasteiger partial charge in [-0.1, -0.05) is 12.1 Å². The Kier molecular flexibility index (Phi) is 3.14. The van der Waals surface area contributed by atoms with Crippen LogP contribution in [0.15, 0.2) is 18.2 Å². The van der Waals surface area contributed by atoms with E-state index < -0.39 is 0 Å². The summed E-state index contributed by atoms with van der Waals surface area (Å²) in [5.41, 5.74) is 3.37. The zero-order chi connectivity index (χ0) is 13.4. The molecule has 0 saturated heterocycles. The molecule has 100 valence electrons. The van der Waals surface area contributed by atoms with Gasteiger partial charge in [0.2, 0.25) is 5.91 Å². The van der Waals surface area contributed by atoms with Crippen molar-refractivity contribution in [1.29, 1.82) is 0 Å². The first-order valence-corrected chi connectivity index (χ1v) is 7.03. The molecule has 1 aromatic heterocycles. The largest absolute Gasteiger partial charge is 0.354 e. The molecule has 1 aliphatic carbocycles. The highest BCUT2D eigenvalue weighted by Gasteiger charge is 2.29. The smallest absolute Gasteiger partial charge is 0.223 e. The third-order valence-corrected chi connectivity index (χ3v) is 3.92. The number of carbonyl (C=O) groups excluding carboxylic acids is 1. The molecule has 0 radical (unpaired) electrons. The number of fused-ring (bicyclic) bond motifs is 1. The number of rotatable bonds is 4. The first kappa shape index (κ1) is 12.4. The molecule has 1 saturated carbocycles. The van der Waals surface area contributed by atoms with E-state index in [9.17, 15) is 4.79 Å². The molecular formula is C14H17N3OS. The number of H-pyrrole nitrogens is 1. The number of nitrogens with one attached hydrogen (secondary N) is 2. The van der Waals surface area contributed by atoms with Crippen LogP contribution in [-0.2, 0) is 11.3 Å². The Balaban J connectivity index is 1.76. The van der Waals surface area contributed by atoms with Crippen molar-refractivity contribution in [3.8, 4) is 0 Å². The van der Waals surface area contributed by atoms with Gasteiger partial charge in [-0.2, -0.15) is 0 Å². The van der Waals surface area contributed by atoms with Crippen LogP contribution in [0.3, 0.4) is 0 Å². The summed E-state index contributed by atoms with van der Waals surface area (Å²) >= 11 is 5.35. The quantitative estimate of drug-likeness (QED) is 0.842. The van der Waals surface area contributed by atoms with Crippen molar-refractivity contribution in [3.63, 3.8) is 0 Å². The standard InChI is InChI=1S/C14H17N3OS/c1-9-3-2-4-11-12(9)16-14(19)17(11)8-7-15-13(18)10-5-6-10/h2-4,10H,5-8H2,1H3,(H,15,18)(H,16,19). The summed E-state index contributed by atoms with van der Waals surface area (Å²) in [5.74, 6) is 0.445. The Morgan fingerprint density at radius 2 is 2.32 bits per heavy atom. The van der Waals surface area contributed by atoms with E-state index in [1.165, 1.54) is 5.56 Å². The van der Waals surface area contributed by atoms with Gasteiger partial charge in [0.1, 0.15) is 0 Å². The highest BCUT2D eigenvalue weighted by atomic mass is 32.1. The minimum Gasteiger partial charge on any atom is -0.354 e. The van der Waals surface area contributed by atoms with E-state index in [0.29, 0.717) is 17.9 Å². The number of nitrogens with zero attached hydrogens (tertiary/aromatic N) is 1. The predicted molar refractivity (Wildman–Crippen MR) is 77.6 cm³/mol. The Morgan fingerprint density at radius 1 is 1.53 bits per heavy atom. The van der Waals surface area contributed by atoms with Gasteiger partial charge in [-0.25, -0.2) is 0 Å². The van der Waals surface area contributed by atoms with Gasteiger partial charge in [0.15, 0.2) is 4.77 Å². The van der Waals surface area contributed by atoms with Crippen molar-refractivity contribution in [2.24, 2.45) is 5.92 Å². The number of para-hydroxylation sites is 1. The average molecular weight is 275 g/mol. The van der Waals surface area contributed by atoms with Crippen LogP contribution < -0.4 is 5.32 Å². The molecule has 2 N–H and O–H groups in total. The number of carbonyl (C=O) groups is 1. The van der Waals surface area contributed by atoms with Gasteiger partial charge in [-0.05, 0) is 43.6 Å². The van der Waals surface area contributed by atoms with Crippen molar-refractivity contribution in [3.05, 3.63) is 28.5 Å². The molecule has 0 spiro atoms. The van der Waals surface area contributed by atoms with Crippen molar-refractivity contribution < 1.29 is 4.79 Å². The number of aromatic nitrogens is 2. The molecule has 1 amide bonds. The number of benzene rings is 1. The van der Waals surface area contributed by atoms with Gasteiger partial charge >= 0.3 is 0 Å². The number of aromatic amines is 1. The molecule has 1 fully saturated rings. The van der Waals surface area contributed by atoms with E-state index in [1.807, 2.05) is 10.6 Å². The molecule has 1 aliphatic rings. The van der Waals surface area contributed by atoms with Crippen molar-refractivity contribution >= 4 is 29.2 Å². The fourth-order valence-corrected chi connectivity index (χ4v) is 2.62. The highest BCUT2D eigenvalue weighted by Crippen LogP contribution is 2.28. The van der Waals surface area contributed by atoms with Crippen LogP contribution in [0.1, 0.15) is 18.4 Å². The predicted octanol–water partition coefficient (Wildman–Crippen LogP) is 2.53. The Bertz CT molecular complexity index is 682. The van der Waals surface area contributed by atoms with Crippen molar-refractivity contribution in [2.45, 2.75) is 26.3 Å². The van der Waals surface area contributed by atoms with E-state index in [-0.39, 0.29) is 11.8 Å². The minimum absolute atomic E-state index is 0.183. The molecule has 5 heteroatoms. The second-order valence-electron chi connectivity index (χ2n) is 5.12. The fourth-order valence-electron chi connectivity index (χ4n) is 2.33. The molecule has 2 aromatic rings. The summed E-state index contributed by atoms with van der Waals surface area (Å²) in [6, 6.07) is 6.14. The number of imidazole rings is 1. The van der Waals surface area contributed by atoms with Crippen LogP contribution >= 0.6 is 12.2 Å². The van der Waals surface area contributed by atoms with Gasteiger partial charge in [-0.3, -0.25) is 4.79 Å². The molecule has 1 aromatic carbocycles. The molecule has 1 heterocycles. The Morgan fingerprint density at radius 3 is 3.05 bits per heavy atom. The summed E-state index contributed by atoms with van der Waals surface area (Å²) in [5, 5.41) is 2.97. The van der Waals surface area contributed by atoms with Gasteiger partial charge in [0.05, 0.1) is 11.0 Å². The van der Waals surface area contributed by atoms with Crippen LogP contribution in [0.5, 0.6) is 0 Å². The molecule has 0 atom stereocenters. The lowest BCUT2D eigenvalue weighted by molar-refractivity contribution is -0.122. The summed E-state index contributed by atoms with van der Waals surface area (Å²) in [6.45, 7) is 3.40. The summed E-state index contributed by atoms with van der Waals surface area (Å²) < 4.78 is 2.76. The molecule has 0 bridgehead atoms. The van der Waals surface area contributed by atoms with Gasteiger partial charge in [-0.15, -0.1) is 0 Å². The molecule has 4 nitrogen and oxygen atoms in total.